The van der Waals surface area contributed by atoms with E-state index in [-0.39, 0.29) is 5.82 Å². The lowest BCUT2D eigenvalue weighted by Gasteiger charge is -2.04. The fraction of sp³-hybridized carbons (Fsp3) is 0.105. The number of halogens is 2. The SMILES string of the molecule is Cc1cc([N+](=O)[O-])nn1Cc1ccc(C(=O)NN=Cc2c(Cl)cccc2Cl)cc1. The summed E-state index contributed by atoms with van der Waals surface area (Å²) >= 11 is 12.1. The van der Waals surface area contributed by atoms with Gasteiger partial charge in [-0.15, -0.1) is 0 Å². The minimum atomic E-state index is -0.534. The van der Waals surface area contributed by atoms with Crippen molar-refractivity contribution in [3.63, 3.8) is 0 Å². The summed E-state index contributed by atoms with van der Waals surface area (Å²) in [4.78, 5) is 22.5. The third kappa shape index (κ3) is 4.98. The van der Waals surface area contributed by atoms with Crippen molar-refractivity contribution in [2.75, 3.05) is 0 Å². The minimum Gasteiger partial charge on any atom is -0.358 e. The van der Waals surface area contributed by atoms with Crippen LogP contribution in [0.5, 0.6) is 0 Å². The molecule has 3 aromatic rings. The number of carbonyl (C=O) groups is 1. The highest BCUT2D eigenvalue weighted by molar-refractivity contribution is 6.38. The normalized spacial score (nSPS) is 11.0. The molecule has 0 bridgehead atoms. The maximum absolute atomic E-state index is 12.2. The van der Waals surface area contributed by atoms with Gasteiger partial charge in [0.25, 0.3) is 5.91 Å². The molecule has 0 aliphatic rings. The summed E-state index contributed by atoms with van der Waals surface area (Å²) in [7, 11) is 0. The standard InChI is InChI=1S/C19H15Cl2N5O3/c1-12-9-18(26(28)29)24-25(12)11-13-5-7-14(8-6-13)19(27)23-22-10-15-16(20)3-2-4-17(15)21/h2-10H,11H2,1H3,(H,23,27). The minimum absolute atomic E-state index is 0.199. The fourth-order valence-corrected chi connectivity index (χ4v) is 3.03. The lowest BCUT2D eigenvalue weighted by Crippen LogP contribution is -2.17. The zero-order valence-electron chi connectivity index (χ0n) is 15.2. The Morgan fingerprint density at radius 1 is 1.24 bits per heavy atom. The van der Waals surface area contributed by atoms with E-state index in [1.807, 2.05) is 0 Å². The topological polar surface area (TPSA) is 102 Å². The first kappa shape index (κ1) is 20.5. The van der Waals surface area contributed by atoms with E-state index in [0.717, 1.165) is 5.56 Å². The quantitative estimate of drug-likeness (QED) is 0.358. The van der Waals surface area contributed by atoms with Gasteiger partial charge in [0.1, 0.15) is 0 Å². The molecule has 0 aliphatic carbocycles. The van der Waals surface area contributed by atoms with Gasteiger partial charge >= 0.3 is 5.82 Å². The summed E-state index contributed by atoms with van der Waals surface area (Å²) in [6, 6.07) is 13.2. The van der Waals surface area contributed by atoms with Crippen LogP contribution in [0, 0.1) is 17.0 Å². The van der Waals surface area contributed by atoms with Crippen LogP contribution < -0.4 is 5.43 Å². The van der Waals surface area contributed by atoms with Crippen molar-refractivity contribution >= 4 is 41.1 Å². The second kappa shape index (κ2) is 8.85. The van der Waals surface area contributed by atoms with Crippen molar-refractivity contribution in [1.29, 1.82) is 0 Å². The fourth-order valence-electron chi connectivity index (χ4n) is 2.53. The first-order valence-electron chi connectivity index (χ1n) is 8.40. The molecule has 0 atom stereocenters. The Kier molecular flexibility index (Phi) is 6.26. The highest BCUT2D eigenvalue weighted by atomic mass is 35.5. The number of amides is 1. The largest absolute Gasteiger partial charge is 0.390 e. The molecule has 0 radical (unpaired) electrons. The van der Waals surface area contributed by atoms with Gasteiger partial charge in [0, 0.05) is 11.1 Å². The van der Waals surface area contributed by atoms with Gasteiger partial charge in [-0.2, -0.15) is 9.78 Å². The van der Waals surface area contributed by atoms with Gasteiger partial charge in [-0.3, -0.25) is 4.79 Å². The van der Waals surface area contributed by atoms with Crippen LogP contribution in [0.15, 0.2) is 53.6 Å². The van der Waals surface area contributed by atoms with Crippen molar-refractivity contribution < 1.29 is 9.72 Å². The van der Waals surface area contributed by atoms with Gasteiger partial charge in [0.15, 0.2) is 0 Å². The third-order valence-electron chi connectivity index (χ3n) is 4.06. The molecule has 0 saturated carbocycles. The monoisotopic (exact) mass is 431 g/mol. The number of hydrogen-bond donors (Lipinski definition) is 1. The number of carbonyl (C=O) groups excluding carboxylic acids is 1. The molecule has 3 rings (SSSR count). The lowest BCUT2D eigenvalue weighted by molar-refractivity contribution is -0.389. The Morgan fingerprint density at radius 2 is 1.90 bits per heavy atom. The van der Waals surface area contributed by atoms with E-state index in [1.165, 1.54) is 17.0 Å². The number of benzene rings is 2. The average Bonchev–Trinajstić information content (AvgIpc) is 3.05. The molecule has 1 N–H and O–H groups in total. The third-order valence-corrected chi connectivity index (χ3v) is 4.72. The Labute approximate surface area is 175 Å². The molecule has 1 heterocycles. The number of aryl methyl sites for hydroxylation is 1. The summed E-state index contributed by atoms with van der Waals surface area (Å²) in [5.41, 5.74) is 4.84. The number of nitrogens with zero attached hydrogens (tertiary/aromatic N) is 4. The van der Waals surface area contributed by atoms with E-state index in [2.05, 4.69) is 15.6 Å². The van der Waals surface area contributed by atoms with E-state index in [9.17, 15) is 14.9 Å². The number of rotatable bonds is 6. The smallest absolute Gasteiger partial charge is 0.358 e. The summed E-state index contributed by atoms with van der Waals surface area (Å²) < 4.78 is 1.53. The average molecular weight is 432 g/mol. The molecule has 0 fully saturated rings. The van der Waals surface area contributed by atoms with Gasteiger partial charge in [-0.25, -0.2) is 5.43 Å². The summed E-state index contributed by atoms with van der Waals surface area (Å²) in [5, 5.41) is 19.5. The van der Waals surface area contributed by atoms with Crippen LogP contribution >= 0.6 is 23.2 Å². The number of hydrazone groups is 1. The summed E-state index contributed by atoms with van der Waals surface area (Å²) in [6.45, 7) is 2.09. The van der Waals surface area contributed by atoms with Gasteiger partial charge in [-0.05, 0) is 41.7 Å². The number of hydrogen-bond acceptors (Lipinski definition) is 5. The van der Waals surface area contributed by atoms with Crippen molar-refractivity contribution in [2.24, 2.45) is 5.10 Å². The van der Waals surface area contributed by atoms with E-state index >= 15 is 0 Å². The molecular formula is C19H15Cl2N5O3. The van der Waals surface area contributed by atoms with Crippen LogP contribution in [-0.4, -0.2) is 26.8 Å². The molecule has 1 aromatic heterocycles. The van der Waals surface area contributed by atoms with Gasteiger partial charge in [-0.1, -0.05) is 41.4 Å². The zero-order valence-corrected chi connectivity index (χ0v) is 16.7. The highest BCUT2D eigenvalue weighted by Gasteiger charge is 2.15. The van der Waals surface area contributed by atoms with E-state index < -0.39 is 10.8 Å². The van der Waals surface area contributed by atoms with Gasteiger partial charge in [0.2, 0.25) is 0 Å². The van der Waals surface area contributed by atoms with Crippen molar-refractivity contribution in [3.05, 3.63) is 91.1 Å². The molecule has 0 unspecified atom stereocenters. The van der Waals surface area contributed by atoms with Gasteiger partial charge < -0.3 is 10.1 Å². The Bertz CT molecular complexity index is 1070. The Balaban J connectivity index is 1.64. The summed E-state index contributed by atoms with van der Waals surface area (Å²) in [5.74, 6) is -0.600. The predicted octanol–water partition coefficient (Wildman–Crippen LogP) is 4.22. The predicted molar refractivity (Wildman–Crippen MR) is 111 cm³/mol. The lowest BCUT2D eigenvalue weighted by atomic mass is 10.1. The van der Waals surface area contributed by atoms with E-state index in [1.54, 1.807) is 49.4 Å². The maximum atomic E-state index is 12.2. The van der Waals surface area contributed by atoms with Crippen LogP contribution in [0.1, 0.15) is 27.2 Å². The maximum Gasteiger partial charge on any atom is 0.390 e. The van der Waals surface area contributed by atoms with Crippen molar-refractivity contribution in [1.82, 2.24) is 15.2 Å². The Morgan fingerprint density at radius 3 is 2.48 bits per heavy atom. The van der Waals surface area contributed by atoms with Crippen LogP contribution in [0.4, 0.5) is 5.82 Å². The van der Waals surface area contributed by atoms with E-state index in [4.69, 9.17) is 23.2 Å². The second-order valence-electron chi connectivity index (χ2n) is 6.09. The first-order chi connectivity index (χ1) is 13.8. The van der Waals surface area contributed by atoms with Crippen LogP contribution in [-0.2, 0) is 6.54 Å². The molecule has 0 saturated heterocycles. The van der Waals surface area contributed by atoms with Gasteiger partial charge in [0.05, 0.1) is 39.7 Å². The van der Waals surface area contributed by atoms with E-state index in [0.29, 0.717) is 33.4 Å². The first-order valence-corrected chi connectivity index (χ1v) is 9.16. The summed E-state index contributed by atoms with van der Waals surface area (Å²) in [6.07, 6.45) is 1.38. The molecule has 1 amide bonds. The Hall–Kier alpha value is -3.23. The van der Waals surface area contributed by atoms with Crippen LogP contribution in [0.3, 0.4) is 0 Å². The molecule has 10 heteroatoms. The molecule has 0 spiro atoms. The molecule has 2 aromatic carbocycles. The second-order valence-corrected chi connectivity index (χ2v) is 6.90. The molecule has 148 valence electrons. The number of nitro groups is 1. The molecule has 8 nitrogen and oxygen atoms in total. The number of nitrogens with one attached hydrogen (secondary N) is 1. The zero-order chi connectivity index (χ0) is 21.0. The van der Waals surface area contributed by atoms with Crippen LogP contribution in [0.25, 0.3) is 0 Å². The van der Waals surface area contributed by atoms with Crippen molar-refractivity contribution in [3.8, 4) is 0 Å². The van der Waals surface area contributed by atoms with Crippen molar-refractivity contribution in [2.45, 2.75) is 13.5 Å². The molecular weight excluding hydrogens is 417 g/mol. The number of aromatic nitrogens is 2. The molecule has 29 heavy (non-hydrogen) atoms. The van der Waals surface area contributed by atoms with Crippen LogP contribution in [0.2, 0.25) is 10.0 Å². The highest BCUT2D eigenvalue weighted by Crippen LogP contribution is 2.22. The molecule has 0 aliphatic heterocycles.